The van der Waals surface area contributed by atoms with Crippen molar-refractivity contribution in [3.05, 3.63) is 54.6 Å². The highest BCUT2D eigenvalue weighted by Gasteiger charge is 2.10. The number of likely N-dealkylation sites (N-methyl/N-ethyl adjacent to an activating group) is 1. The highest BCUT2D eigenvalue weighted by molar-refractivity contribution is 5.94. The predicted molar refractivity (Wildman–Crippen MR) is 86.0 cm³/mol. The summed E-state index contributed by atoms with van der Waals surface area (Å²) in [5.41, 5.74) is 1.78. The molecule has 0 aromatic heterocycles. The molecule has 0 atom stereocenters. The SMILES string of the molecule is CCN(CC(=O)Nc1cccc(OC)c1)c1ccccc1. The molecule has 110 valence electrons. The van der Waals surface area contributed by atoms with Gasteiger partial charge in [0.2, 0.25) is 5.91 Å². The lowest BCUT2D eigenvalue weighted by Gasteiger charge is -2.22. The van der Waals surface area contributed by atoms with Crippen LogP contribution in [-0.4, -0.2) is 26.1 Å². The van der Waals surface area contributed by atoms with Crippen LogP contribution in [0.3, 0.4) is 0 Å². The lowest BCUT2D eigenvalue weighted by atomic mass is 10.2. The highest BCUT2D eigenvalue weighted by atomic mass is 16.5. The Labute approximate surface area is 125 Å². The number of amides is 1. The lowest BCUT2D eigenvalue weighted by Crippen LogP contribution is -2.33. The third kappa shape index (κ3) is 4.24. The van der Waals surface area contributed by atoms with Crippen molar-refractivity contribution in [1.29, 1.82) is 0 Å². The standard InChI is InChI=1S/C17H20N2O2/c1-3-19(15-9-5-4-6-10-15)13-17(20)18-14-8-7-11-16(12-14)21-2/h4-12H,3,13H2,1-2H3,(H,18,20). The van der Waals surface area contributed by atoms with Gasteiger partial charge in [-0.3, -0.25) is 4.79 Å². The predicted octanol–water partition coefficient (Wildman–Crippen LogP) is 3.16. The maximum atomic E-state index is 12.2. The number of hydrogen-bond acceptors (Lipinski definition) is 3. The number of carbonyl (C=O) groups is 1. The quantitative estimate of drug-likeness (QED) is 0.886. The Morgan fingerprint density at radius 2 is 1.90 bits per heavy atom. The third-order valence-electron chi connectivity index (χ3n) is 3.19. The largest absolute Gasteiger partial charge is 0.497 e. The molecule has 0 fully saturated rings. The number of anilines is 2. The molecule has 1 amide bonds. The second kappa shape index (κ2) is 7.33. The molecule has 2 aromatic carbocycles. The molecule has 0 aliphatic rings. The van der Waals surface area contributed by atoms with E-state index in [0.717, 1.165) is 23.7 Å². The normalized spacial score (nSPS) is 10.0. The second-order valence-electron chi connectivity index (χ2n) is 4.63. The van der Waals surface area contributed by atoms with Gasteiger partial charge in [0.15, 0.2) is 0 Å². The minimum absolute atomic E-state index is 0.0473. The molecule has 0 saturated carbocycles. The van der Waals surface area contributed by atoms with Crippen LogP contribution in [0.15, 0.2) is 54.6 Å². The Hall–Kier alpha value is -2.49. The average Bonchev–Trinajstić information content (AvgIpc) is 2.53. The fourth-order valence-corrected chi connectivity index (χ4v) is 2.10. The first-order valence-corrected chi connectivity index (χ1v) is 6.97. The molecule has 2 rings (SSSR count). The van der Waals surface area contributed by atoms with E-state index in [2.05, 4.69) is 5.32 Å². The smallest absolute Gasteiger partial charge is 0.243 e. The van der Waals surface area contributed by atoms with Crippen molar-refractivity contribution in [2.24, 2.45) is 0 Å². The van der Waals surface area contributed by atoms with E-state index >= 15 is 0 Å². The van der Waals surface area contributed by atoms with Crippen LogP contribution >= 0.6 is 0 Å². The Morgan fingerprint density at radius 1 is 1.14 bits per heavy atom. The molecule has 0 radical (unpaired) electrons. The van der Waals surface area contributed by atoms with Crippen molar-refractivity contribution >= 4 is 17.3 Å². The molecule has 1 N–H and O–H groups in total. The van der Waals surface area contributed by atoms with E-state index < -0.39 is 0 Å². The Balaban J connectivity index is 2.00. The molecular weight excluding hydrogens is 264 g/mol. The Bertz CT molecular complexity index is 584. The van der Waals surface area contributed by atoms with Crippen LogP contribution in [0.25, 0.3) is 0 Å². The number of hydrogen-bond donors (Lipinski definition) is 1. The van der Waals surface area contributed by atoms with Gasteiger partial charge in [0.1, 0.15) is 5.75 Å². The zero-order valence-corrected chi connectivity index (χ0v) is 12.4. The molecule has 0 aliphatic heterocycles. The number of ether oxygens (including phenoxy) is 1. The van der Waals surface area contributed by atoms with Crippen molar-refractivity contribution < 1.29 is 9.53 Å². The van der Waals surface area contributed by atoms with E-state index in [9.17, 15) is 4.79 Å². The summed E-state index contributed by atoms with van der Waals surface area (Å²) < 4.78 is 5.15. The first-order chi connectivity index (χ1) is 10.2. The van der Waals surface area contributed by atoms with E-state index in [1.807, 2.05) is 60.4 Å². The second-order valence-corrected chi connectivity index (χ2v) is 4.63. The van der Waals surface area contributed by atoms with Gasteiger partial charge < -0.3 is 15.0 Å². The molecular formula is C17H20N2O2. The van der Waals surface area contributed by atoms with E-state index in [-0.39, 0.29) is 5.91 Å². The first-order valence-electron chi connectivity index (χ1n) is 6.97. The zero-order chi connectivity index (χ0) is 15.1. The molecule has 0 aliphatic carbocycles. The summed E-state index contributed by atoms with van der Waals surface area (Å²) in [5.74, 6) is 0.678. The first kappa shape index (κ1) is 14.9. The van der Waals surface area contributed by atoms with Gasteiger partial charge in [-0.1, -0.05) is 24.3 Å². The maximum Gasteiger partial charge on any atom is 0.243 e. The average molecular weight is 284 g/mol. The fourth-order valence-electron chi connectivity index (χ4n) is 2.10. The number of nitrogens with zero attached hydrogens (tertiary/aromatic N) is 1. The van der Waals surface area contributed by atoms with Gasteiger partial charge in [-0.2, -0.15) is 0 Å². The minimum Gasteiger partial charge on any atom is -0.497 e. The van der Waals surface area contributed by atoms with Crippen LogP contribution in [0.5, 0.6) is 5.75 Å². The third-order valence-corrected chi connectivity index (χ3v) is 3.19. The Kier molecular flexibility index (Phi) is 5.21. The number of benzene rings is 2. The molecule has 0 unspecified atom stereocenters. The van der Waals surface area contributed by atoms with E-state index in [0.29, 0.717) is 6.54 Å². The summed E-state index contributed by atoms with van der Waals surface area (Å²) >= 11 is 0. The molecule has 4 nitrogen and oxygen atoms in total. The number of para-hydroxylation sites is 1. The van der Waals surface area contributed by atoms with Crippen LogP contribution in [0.2, 0.25) is 0 Å². The summed E-state index contributed by atoms with van der Waals surface area (Å²) in [5, 5.41) is 2.89. The van der Waals surface area contributed by atoms with Gasteiger partial charge in [0, 0.05) is 24.0 Å². The van der Waals surface area contributed by atoms with E-state index in [1.54, 1.807) is 13.2 Å². The summed E-state index contributed by atoms with van der Waals surface area (Å²) in [6.45, 7) is 3.12. The van der Waals surface area contributed by atoms with Crippen LogP contribution in [-0.2, 0) is 4.79 Å². The van der Waals surface area contributed by atoms with Gasteiger partial charge in [0.25, 0.3) is 0 Å². The molecule has 2 aromatic rings. The summed E-state index contributed by atoms with van der Waals surface area (Å²) in [6, 6.07) is 17.3. The summed E-state index contributed by atoms with van der Waals surface area (Å²) in [7, 11) is 1.61. The monoisotopic (exact) mass is 284 g/mol. The fraction of sp³-hybridized carbons (Fsp3) is 0.235. The number of rotatable bonds is 6. The molecule has 4 heteroatoms. The lowest BCUT2D eigenvalue weighted by molar-refractivity contribution is -0.115. The molecule has 21 heavy (non-hydrogen) atoms. The molecule has 0 saturated heterocycles. The van der Waals surface area contributed by atoms with Crippen LogP contribution in [0.4, 0.5) is 11.4 Å². The number of methoxy groups -OCH3 is 1. The van der Waals surface area contributed by atoms with E-state index in [1.165, 1.54) is 0 Å². The minimum atomic E-state index is -0.0473. The molecule has 0 spiro atoms. The molecule has 0 bridgehead atoms. The highest BCUT2D eigenvalue weighted by Crippen LogP contribution is 2.17. The Morgan fingerprint density at radius 3 is 2.57 bits per heavy atom. The van der Waals surface area contributed by atoms with Crippen molar-refractivity contribution in [1.82, 2.24) is 0 Å². The van der Waals surface area contributed by atoms with Crippen LogP contribution in [0, 0.1) is 0 Å². The van der Waals surface area contributed by atoms with E-state index in [4.69, 9.17) is 4.74 Å². The number of carbonyl (C=O) groups excluding carboxylic acids is 1. The van der Waals surface area contributed by atoms with Gasteiger partial charge in [-0.25, -0.2) is 0 Å². The maximum absolute atomic E-state index is 12.2. The van der Waals surface area contributed by atoms with Gasteiger partial charge in [0.05, 0.1) is 13.7 Å². The number of nitrogens with one attached hydrogen (secondary N) is 1. The van der Waals surface area contributed by atoms with Crippen molar-refractivity contribution in [3.63, 3.8) is 0 Å². The van der Waals surface area contributed by atoms with Crippen LogP contribution < -0.4 is 15.0 Å². The molecule has 0 heterocycles. The summed E-state index contributed by atoms with van der Waals surface area (Å²) in [6.07, 6.45) is 0. The van der Waals surface area contributed by atoms with Crippen molar-refractivity contribution in [3.8, 4) is 5.75 Å². The topological polar surface area (TPSA) is 41.6 Å². The van der Waals surface area contributed by atoms with Gasteiger partial charge in [-0.15, -0.1) is 0 Å². The van der Waals surface area contributed by atoms with Crippen molar-refractivity contribution in [2.75, 3.05) is 30.4 Å². The summed E-state index contributed by atoms with van der Waals surface area (Å²) in [4.78, 5) is 14.2. The van der Waals surface area contributed by atoms with Gasteiger partial charge >= 0.3 is 0 Å². The van der Waals surface area contributed by atoms with Crippen LogP contribution in [0.1, 0.15) is 6.92 Å². The zero-order valence-electron chi connectivity index (χ0n) is 12.4. The van der Waals surface area contributed by atoms with Crippen molar-refractivity contribution in [2.45, 2.75) is 6.92 Å². The van der Waals surface area contributed by atoms with Gasteiger partial charge in [-0.05, 0) is 31.2 Å².